The number of allylic oxidation sites excluding steroid dienone is 8. The van der Waals surface area contributed by atoms with E-state index in [-0.39, 0.29) is 25.2 Å². The predicted molar refractivity (Wildman–Crippen MR) is 362 cm³/mol. The lowest BCUT2D eigenvalue weighted by atomic mass is 10.0. The monoisotopic (exact) mass is 1150 g/mol. The number of ether oxygens (including phenoxy) is 2. The van der Waals surface area contributed by atoms with Gasteiger partial charge in [-0.1, -0.05) is 371 Å². The number of hydrogen-bond donors (Lipinski definition) is 1. The highest BCUT2D eigenvalue weighted by molar-refractivity contribution is 5.70. The Kier molecular flexibility index (Phi) is 71.2. The highest BCUT2D eigenvalue weighted by atomic mass is 16.6. The molecule has 0 aromatic heterocycles. The molecule has 0 saturated carbocycles. The van der Waals surface area contributed by atoms with Gasteiger partial charge in [-0.05, 0) is 77.0 Å². The van der Waals surface area contributed by atoms with Gasteiger partial charge in [0.05, 0.1) is 6.61 Å². The molecule has 0 rings (SSSR count). The molecule has 482 valence electrons. The maximum atomic E-state index is 12.4. The minimum Gasteiger partial charge on any atom is -0.462 e. The van der Waals surface area contributed by atoms with Crippen LogP contribution in [-0.4, -0.2) is 36.4 Å². The third kappa shape index (κ3) is 70.3. The summed E-state index contributed by atoms with van der Waals surface area (Å²) in [6.07, 6.45) is 98.9. The van der Waals surface area contributed by atoms with E-state index in [0.717, 1.165) is 51.4 Å². The van der Waals surface area contributed by atoms with Crippen LogP contribution >= 0.6 is 0 Å². The fraction of sp³-hybridized carbons (Fsp3) is 0.870. The lowest BCUT2D eigenvalue weighted by Gasteiger charge is -2.15. The minimum atomic E-state index is -0.771. The average Bonchev–Trinajstić information content (AvgIpc) is 3.49. The van der Waals surface area contributed by atoms with E-state index in [1.54, 1.807) is 0 Å². The first-order valence-corrected chi connectivity index (χ1v) is 37.2. The molecule has 0 aliphatic carbocycles. The van der Waals surface area contributed by atoms with Crippen molar-refractivity contribution >= 4 is 11.9 Å². The van der Waals surface area contributed by atoms with Crippen molar-refractivity contribution in [2.75, 3.05) is 13.2 Å². The molecule has 1 N–H and O–H groups in total. The summed E-state index contributed by atoms with van der Waals surface area (Å²) in [6, 6.07) is 0. The Labute approximate surface area is 513 Å². The zero-order valence-electron chi connectivity index (χ0n) is 55.5. The Hall–Kier alpha value is -2.14. The van der Waals surface area contributed by atoms with E-state index in [1.165, 1.54) is 334 Å². The molecule has 0 fully saturated rings. The molecule has 0 saturated heterocycles. The fourth-order valence-electron chi connectivity index (χ4n) is 11.5. The second-order valence-corrected chi connectivity index (χ2v) is 25.4. The van der Waals surface area contributed by atoms with Gasteiger partial charge in [0.1, 0.15) is 6.61 Å². The number of hydrogen-bond acceptors (Lipinski definition) is 5. The molecule has 5 heteroatoms. The summed E-state index contributed by atoms with van der Waals surface area (Å²) in [5, 5.41) is 9.71. The molecule has 1 unspecified atom stereocenters. The summed E-state index contributed by atoms with van der Waals surface area (Å²) in [6.45, 7) is 4.18. The van der Waals surface area contributed by atoms with E-state index < -0.39 is 6.10 Å². The Morgan fingerprint density at radius 1 is 0.280 bits per heavy atom. The molecule has 1 atom stereocenters. The smallest absolute Gasteiger partial charge is 0.306 e. The van der Waals surface area contributed by atoms with E-state index in [9.17, 15) is 14.7 Å². The molecule has 0 aromatic carbocycles. The zero-order chi connectivity index (χ0) is 59.1. The van der Waals surface area contributed by atoms with Gasteiger partial charge in [0.25, 0.3) is 0 Å². The molecule has 82 heavy (non-hydrogen) atoms. The lowest BCUT2D eigenvalue weighted by Crippen LogP contribution is -2.28. The number of aliphatic hydroxyl groups is 1. The first kappa shape index (κ1) is 79.9. The number of carbonyl (C=O) groups is 2. The summed E-state index contributed by atoms with van der Waals surface area (Å²) < 4.78 is 10.8. The number of aliphatic hydroxyl groups excluding tert-OH is 1. The van der Waals surface area contributed by atoms with Crippen LogP contribution in [0.15, 0.2) is 48.6 Å². The second kappa shape index (κ2) is 73.1. The highest BCUT2D eigenvalue weighted by Crippen LogP contribution is 2.19. The van der Waals surface area contributed by atoms with Crippen LogP contribution in [0.3, 0.4) is 0 Å². The van der Waals surface area contributed by atoms with E-state index in [2.05, 4.69) is 62.5 Å². The summed E-state index contributed by atoms with van der Waals surface area (Å²) >= 11 is 0. The molecule has 5 nitrogen and oxygen atoms in total. The molecule has 0 spiro atoms. The second-order valence-electron chi connectivity index (χ2n) is 25.4. The summed E-state index contributed by atoms with van der Waals surface area (Å²) in [5.74, 6) is -0.565. The van der Waals surface area contributed by atoms with Crippen LogP contribution in [0.4, 0.5) is 0 Å². The van der Waals surface area contributed by atoms with E-state index in [4.69, 9.17) is 9.47 Å². The van der Waals surface area contributed by atoms with Crippen molar-refractivity contribution < 1.29 is 24.2 Å². The maximum absolute atomic E-state index is 12.4. The Balaban J connectivity index is 3.38. The molecule has 0 heterocycles. The molecular weight excluding hydrogens is 1000 g/mol. The van der Waals surface area contributed by atoms with Crippen molar-refractivity contribution in [2.45, 2.75) is 418 Å². The van der Waals surface area contributed by atoms with Gasteiger partial charge in [0, 0.05) is 12.8 Å². The Morgan fingerprint density at radius 2 is 0.488 bits per heavy atom. The van der Waals surface area contributed by atoms with Crippen LogP contribution in [-0.2, 0) is 19.1 Å². The first-order valence-electron chi connectivity index (χ1n) is 37.2. The van der Waals surface area contributed by atoms with Crippen molar-refractivity contribution in [1.82, 2.24) is 0 Å². The Morgan fingerprint density at radius 3 is 0.720 bits per heavy atom. The number of carbonyl (C=O) groups excluding carboxylic acids is 2. The number of esters is 2. The Bertz CT molecular complexity index is 1350. The summed E-state index contributed by atoms with van der Waals surface area (Å²) in [5.41, 5.74) is 0. The zero-order valence-corrected chi connectivity index (χ0v) is 55.5. The molecule has 0 radical (unpaired) electrons. The normalized spacial score (nSPS) is 12.4. The molecule has 0 amide bonds. The van der Waals surface area contributed by atoms with Crippen LogP contribution in [0, 0.1) is 0 Å². The van der Waals surface area contributed by atoms with Crippen molar-refractivity contribution in [3.8, 4) is 0 Å². The van der Waals surface area contributed by atoms with Crippen LogP contribution < -0.4 is 0 Å². The standard InChI is InChI=1S/C77H144O5/c1-3-5-7-9-11-13-15-17-19-21-23-25-27-29-31-33-35-36-37-38-39-40-42-44-46-48-50-52-54-56-58-60-62-64-66-68-70-72-77(80)82-75(73-78)74-81-76(79)71-69-67-65-63-61-59-57-55-53-51-49-47-45-43-41-34-32-30-28-26-24-22-20-18-16-14-12-10-8-6-4-2/h15-18,21-24,75,78H,3-14,19-20,25-74H2,1-2H3/b17-15-,18-16-,23-21-,24-22-. The van der Waals surface area contributed by atoms with Crippen molar-refractivity contribution in [2.24, 2.45) is 0 Å². The highest BCUT2D eigenvalue weighted by Gasteiger charge is 2.16. The number of unbranched alkanes of at least 4 members (excludes halogenated alkanes) is 54. The molecular formula is C77H144O5. The first-order chi connectivity index (χ1) is 40.6. The minimum absolute atomic E-state index is 0.0597. The predicted octanol–water partition coefficient (Wildman–Crippen LogP) is 25.9. The van der Waals surface area contributed by atoms with E-state index in [0.29, 0.717) is 12.8 Å². The molecule has 0 aliphatic rings. The van der Waals surface area contributed by atoms with E-state index >= 15 is 0 Å². The van der Waals surface area contributed by atoms with Crippen LogP contribution in [0.1, 0.15) is 412 Å². The third-order valence-corrected chi connectivity index (χ3v) is 17.1. The summed E-state index contributed by atoms with van der Waals surface area (Å²) in [4.78, 5) is 24.7. The van der Waals surface area contributed by atoms with E-state index in [1.807, 2.05) is 0 Å². The SMILES string of the molecule is CCCCCCC/C=C\C/C=C\CCCCCCCCCCCCCCCCCCCCCCCCCCCC(=O)OC(CO)COC(=O)CCCCCCCCCCCCCCCCCCCCC/C=C\C/C=C\CCCCCCC. The largest absolute Gasteiger partial charge is 0.462 e. The fourth-order valence-corrected chi connectivity index (χ4v) is 11.5. The topological polar surface area (TPSA) is 72.8 Å². The molecule has 0 aliphatic heterocycles. The van der Waals surface area contributed by atoms with Gasteiger partial charge in [-0.15, -0.1) is 0 Å². The lowest BCUT2D eigenvalue weighted by molar-refractivity contribution is -0.161. The van der Waals surface area contributed by atoms with Gasteiger partial charge in [0.2, 0.25) is 0 Å². The van der Waals surface area contributed by atoms with Gasteiger partial charge in [-0.25, -0.2) is 0 Å². The van der Waals surface area contributed by atoms with Gasteiger partial charge in [-0.2, -0.15) is 0 Å². The van der Waals surface area contributed by atoms with Gasteiger partial charge in [-0.3, -0.25) is 9.59 Å². The third-order valence-electron chi connectivity index (χ3n) is 17.1. The van der Waals surface area contributed by atoms with Gasteiger partial charge in [0.15, 0.2) is 6.10 Å². The quantitative estimate of drug-likeness (QED) is 0.0373. The van der Waals surface area contributed by atoms with Crippen LogP contribution in [0.2, 0.25) is 0 Å². The summed E-state index contributed by atoms with van der Waals surface area (Å²) in [7, 11) is 0. The van der Waals surface area contributed by atoms with Crippen molar-refractivity contribution in [3.05, 3.63) is 48.6 Å². The van der Waals surface area contributed by atoms with Crippen LogP contribution in [0.25, 0.3) is 0 Å². The van der Waals surface area contributed by atoms with Crippen molar-refractivity contribution in [3.63, 3.8) is 0 Å². The molecule has 0 aromatic rings. The van der Waals surface area contributed by atoms with Crippen molar-refractivity contribution in [1.29, 1.82) is 0 Å². The molecule has 0 bridgehead atoms. The number of rotatable bonds is 70. The maximum Gasteiger partial charge on any atom is 0.306 e. The average molecular weight is 1150 g/mol. The van der Waals surface area contributed by atoms with Crippen LogP contribution in [0.5, 0.6) is 0 Å². The van der Waals surface area contributed by atoms with Gasteiger partial charge < -0.3 is 14.6 Å². The van der Waals surface area contributed by atoms with Gasteiger partial charge >= 0.3 is 11.9 Å².